The highest BCUT2D eigenvalue weighted by molar-refractivity contribution is 7.81. The number of aliphatic hydroxyl groups is 1. The fourth-order valence-electron chi connectivity index (χ4n) is 5.64. The SMILES string of the molecule is CC(C)C[C@H](NC(=O)c1ccc(-c2csc(N3CCN(C)CC3)n2)c(F)c1)C(=O)N1C[C@@H](N)[C@H]2OC[C@@](O)(S)[C@H]21. The first-order chi connectivity index (χ1) is 18.9. The van der Waals surface area contributed by atoms with Gasteiger partial charge in [0, 0.05) is 49.2 Å². The Morgan fingerprint density at radius 1 is 1.32 bits per heavy atom. The molecule has 5 rings (SSSR count). The minimum absolute atomic E-state index is 0.0500. The standard InChI is InChI=1S/C27H37FN6O4S2/c1-15(2)10-20(25(36)34-12-19(29)22-23(34)27(37,39)14-38-22)30-24(35)16-4-5-17(18(28)11-16)21-13-40-26(31-21)33-8-6-32(3)7-9-33/h4-5,11,13,15,19-20,22-23,37,39H,6-10,12,14,29H2,1-3H3,(H,30,35)/t19-,20+,22-,23+,27-/m1/s1. The van der Waals surface area contributed by atoms with E-state index in [0.717, 1.165) is 31.3 Å². The largest absolute Gasteiger partial charge is 0.375 e. The van der Waals surface area contributed by atoms with E-state index in [1.165, 1.54) is 22.3 Å². The molecule has 2 amide bonds. The maximum atomic E-state index is 15.3. The Labute approximate surface area is 243 Å². The molecule has 13 heteroatoms. The normalized spacial score (nSPS) is 27.8. The van der Waals surface area contributed by atoms with Gasteiger partial charge in [0.2, 0.25) is 5.91 Å². The molecule has 0 bridgehead atoms. The lowest BCUT2D eigenvalue weighted by Crippen LogP contribution is -2.55. The Bertz CT molecular complexity index is 1250. The van der Waals surface area contributed by atoms with Crippen LogP contribution in [0.15, 0.2) is 23.6 Å². The van der Waals surface area contributed by atoms with Crippen LogP contribution < -0.4 is 16.0 Å². The molecular weight excluding hydrogens is 555 g/mol. The van der Waals surface area contributed by atoms with Gasteiger partial charge in [-0.3, -0.25) is 9.59 Å². The van der Waals surface area contributed by atoms with Gasteiger partial charge in [-0.15, -0.1) is 24.0 Å². The smallest absolute Gasteiger partial charge is 0.252 e. The van der Waals surface area contributed by atoms with Gasteiger partial charge in [-0.1, -0.05) is 13.8 Å². The minimum atomic E-state index is -1.54. The van der Waals surface area contributed by atoms with E-state index in [-0.39, 0.29) is 30.5 Å². The Morgan fingerprint density at radius 3 is 2.73 bits per heavy atom. The summed E-state index contributed by atoms with van der Waals surface area (Å²) in [6, 6.07) is 2.17. The Kier molecular flexibility index (Phi) is 8.42. The van der Waals surface area contributed by atoms with E-state index in [4.69, 9.17) is 10.5 Å². The Morgan fingerprint density at radius 2 is 2.05 bits per heavy atom. The number of hydrogen-bond acceptors (Lipinski definition) is 10. The number of ether oxygens (including phenoxy) is 1. The van der Waals surface area contributed by atoms with E-state index in [1.54, 1.807) is 12.1 Å². The molecule has 1 aromatic heterocycles. The lowest BCUT2D eigenvalue weighted by molar-refractivity contribution is -0.136. The molecule has 0 saturated carbocycles. The molecule has 3 saturated heterocycles. The second-order valence-electron chi connectivity index (χ2n) is 11.4. The summed E-state index contributed by atoms with van der Waals surface area (Å²) in [5.74, 6) is -1.43. The van der Waals surface area contributed by atoms with Gasteiger partial charge in [-0.05, 0) is 37.6 Å². The quantitative estimate of drug-likeness (QED) is 0.281. The first kappa shape index (κ1) is 29.2. The number of nitrogens with one attached hydrogen (secondary N) is 1. The van der Waals surface area contributed by atoms with E-state index in [1.807, 2.05) is 19.2 Å². The molecule has 3 aliphatic rings. The van der Waals surface area contributed by atoms with Gasteiger partial charge in [0.25, 0.3) is 5.91 Å². The molecule has 10 nitrogen and oxygen atoms in total. The fourth-order valence-corrected chi connectivity index (χ4v) is 6.88. The molecule has 3 fully saturated rings. The molecule has 218 valence electrons. The lowest BCUT2D eigenvalue weighted by atomic mass is 10.0. The molecule has 0 spiro atoms. The van der Waals surface area contributed by atoms with Crippen LogP contribution in [0.5, 0.6) is 0 Å². The van der Waals surface area contributed by atoms with Gasteiger partial charge in [0.1, 0.15) is 11.9 Å². The highest BCUT2D eigenvalue weighted by Crippen LogP contribution is 2.38. The third-order valence-corrected chi connectivity index (χ3v) is 9.10. The van der Waals surface area contributed by atoms with Crippen LogP contribution in [0.1, 0.15) is 30.6 Å². The number of amides is 2. The van der Waals surface area contributed by atoms with Crippen molar-refractivity contribution in [1.29, 1.82) is 0 Å². The van der Waals surface area contributed by atoms with Crippen LogP contribution in [-0.4, -0.2) is 107 Å². The number of aromatic nitrogens is 1. The molecule has 4 heterocycles. The summed E-state index contributed by atoms with van der Waals surface area (Å²) >= 11 is 5.79. The van der Waals surface area contributed by atoms with Gasteiger partial charge in [-0.25, -0.2) is 9.37 Å². The number of anilines is 1. The Hall–Kier alpha value is -2.29. The van der Waals surface area contributed by atoms with Crippen molar-refractivity contribution in [2.24, 2.45) is 11.7 Å². The number of nitrogens with two attached hydrogens (primary N) is 1. The maximum Gasteiger partial charge on any atom is 0.252 e. The fraction of sp³-hybridized carbons (Fsp3) is 0.593. The van der Waals surface area contributed by atoms with E-state index in [2.05, 4.69) is 39.8 Å². The molecule has 5 atom stereocenters. The predicted octanol–water partition coefficient (Wildman–Crippen LogP) is 1.40. The molecule has 3 aliphatic heterocycles. The van der Waals surface area contributed by atoms with E-state index in [0.29, 0.717) is 17.7 Å². The number of benzene rings is 1. The second-order valence-corrected chi connectivity index (χ2v) is 13.0. The number of thiazole rings is 1. The van der Waals surface area contributed by atoms with Crippen LogP contribution >= 0.6 is 24.0 Å². The number of piperazine rings is 1. The highest BCUT2D eigenvalue weighted by Gasteiger charge is 2.58. The second kappa shape index (κ2) is 11.5. The molecule has 1 aromatic carbocycles. The molecule has 0 aliphatic carbocycles. The topological polar surface area (TPSA) is 124 Å². The van der Waals surface area contributed by atoms with Crippen LogP contribution in [0, 0.1) is 11.7 Å². The van der Waals surface area contributed by atoms with Gasteiger partial charge in [0.15, 0.2) is 10.1 Å². The number of likely N-dealkylation sites (tertiary alicyclic amines) is 1. The van der Waals surface area contributed by atoms with Crippen LogP contribution in [0.3, 0.4) is 0 Å². The number of halogens is 1. The van der Waals surface area contributed by atoms with Crippen molar-refractivity contribution in [3.8, 4) is 11.3 Å². The van der Waals surface area contributed by atoms with Crippen molar-refractivity contribution in [2.75, 3.05) is 51.3 Å². The number of fused-ring (bicyclic) bond motifs is 1. The van der Waals surface area contributed by atoms with Crippen LogP contribution in [0.4, 0.5) is 9.52 Å². The summed E-state index contributed by atoms with van der Waals surface area (Å²) in [5, 5.41) is 16.2. The first-order valence-electron chi connectivity index (χ1n) is 13.6. The first-order valence-corrected chi connectivity index (χ1v) is 14.9. The third-order valence-electron chi connectivity index (χ3n) is 7.81. The van der Waals surface area contributed by atoms with E-state index >= 15 is 4.39 Å². The van der Waals surface area contributed by atoms with E-state index < -0.39 is 40.9 Å². The molecular formula is C27H37FN6O4S2. The van der Waals surface area contributed by atoms with Crippen LogP contribution in [0.2, 0.25) is 0 Å². The van der Waals surface area contributed by atoms with Gasteiger partial charge in [0.05, 0.1) is 30.5 Å². The summed E-state index contributed by atoms with van der Waals surface area (Å²) in [7, 11) is 2.09. The van der Waals surface area contributed by atoms with Gasteiger partial charge >= 0.3 is 0 Å². The zero-order valence-corrected chi connectivity index (χ0v) is 24.6. The van der Waals surface area contributed by atoms with Crippen molar-refractivity contribution >= 4 is 40.9 Å². The highest BCUT2D eigenvalue weighted by atomic mass is 32.1. The number of thiol groups is 1. The summed E-state index contributed by atoms with van der Waals surface area (Å²) in [6.45, 7) is 7.64. The lowest BCUT2D eigenvalue weighted by Gasteiger charge is -2.33. The molecule has 2 aromatic rings. The van der Waals surface area contributed by atoms with Crippen molar-refractivity contribution in [1.82, 2.24) is 20.1 Å². The predicted molar refractivity (Wildman–Crippen MR) is 155 cm³/mol. The van der Waals surface area contributed by atoms with Gasteiger partial charge in [-0.2, -0.15) is 0 Å². The van der Waals surface area contributed by atoms with Crippen molar-refractivity contribution < 1.29 is 23.8 Å². The van der Waals surface area contributed by atoms with Crippen LogP contribution in [0.25, 0.3) is 11.3 Å². The summed E-state index contributed by atoms with van der Waals surface area (Å²) in [4.78, 5) is 35.9. The van der Waals surface area contributed by atoms with Crippen molar-refractivity contribution in [3.05, 3.63) is 35.0 Å². The summed E-state index contributed by atoms with van der Waals surface area (Å²) in [6.07, 6.45) is -0.181. The zero-order chi connectivity index (χ0) is 28.8. The monoisotopic (exact) mass is 592 g/mol. The molecule has 40 heavy (non-hydrogen) atoms. The van der Waals surface area contributed by atoms with Crippen LogP contribution in [-0.2, 0) is 9.53 Å². The molecule has 0 radical (unpaired) electrons. The maximum absolute atomic E-state index is 15.3. The van der Waals surface area contributed by atoms with Crippen molar-refractivity contribution in [3.63, 3.8) is 0 Å². The number of nitrogens with zero attached hydrogens (tertiary/aromatic N) is 4. The van der Waals surface area contributed by atoms with Crippen molar-refractivity contribution in [2.45, 2.75) is 49.4 Å². The molecule has 4 N–H and O–H groups in total. The number of carbonyl (C=O) groups is 2. The average molecular weight is 593 g/mol. The minimum Gasteiger partial charge on any atom is -0.375 e. The number of rotatable bonds is 7. The third kappa shape index (κ3) is 5.86. The van der Waals surface area contributed by atoms with E-state index in [9.17, 15) is 14.7 Å². The summed E-state index contributed by atoms with van der Waals surface area (Å²) in [5.41, 5.74) is 7.13. The number of carbonyl (C=O) groups excluding carboxylic acids is 2. The summed E-state index contributed by atoms with van der Waals surface area (Å²) < 4.78 is 20.9. The van der Waals surface area contributed by atoms with Gasteiger partial charge < -0.3 is 35.6 Å². The number of likely N-dealkylation sites (N-methyl/N-ethyl adjacent to an activating group) is 1. The average Bonchev–Trinajstić information content (AvgIpc) is 3.60. The zero-order valence-electron chi connectivity index (χ0n) is 22.9. The number of hydrogen-bond donors (Lipinski definition) is 4. The Balaban J connectivity index is 1.30. The molecule has 0 unspecified atom stereocenters.